The third-order valence-corrected chi connectivity index (χ3v) is 13.4. The Morgan fingerprint density at radius 2 is 1.18 bits per heavy atom. The molecular weight excluding hydrogens is 996 g/mol. The fourth-order valence-corrected chi connectivity index (χ4v) is 10.1. The van der Waals surface area contributed by atoms with Gasteiger partial charge in [-0.25, -0.2) is 4.98 Å². The average molecular weight is 1040 g/mol. The predicted octanol–water partition coefficient (Wildman–Crippen LogP) is 15.5. The van der Waals surface area contributed by atoms with Crippen molar-refractivity contribution in [3.05, 3.63) is 211 Å². The molecule has 0 saturated carbocycles. The number of benzene rings is 7. The SMILES string of the molecule is CC(C)(C)c1cc(N2[CH-]N(c3[c-]c(Oc4[c-]c5c(cc4)c4ccc6sc7ccccc7c6c4n5-c4ccccn4)ccc3)C(c3ccccc3)=C2c2ccccc2)cc(C(C)(C)C)c1.[Pt]. The molecule has 7 aromatic carbocycles. The summed E-state index contributed by atoms with van der Waals surface area (Å²) in [5.74, 6) is 2.01. The van der Waals surface area contributed by atoms with Crippen molar-refractivity contribution in [2.45, 2.75) is 52.4 Å². The Labute approximate surface area is 399 Å². The van der Waals surface area contributed by atoms with E-state index in [2.05, 4.69) is 208 Å². The molecule has 0 bridgehead atoms. The molecule has 65 heavy (non-hydrogen) atoms. The van der Waals surface area contributed by atoms with Gasteiger partial charge in [-0.1, -0.05) is 144 Å². The quantitative estimate of drug-likeness (QED) is 0.149. The van der Waals surface area contributed by atoms with Gasteiger partial charge in [-0.15, -0.1) is 59.4 Å². The van der Waals surface area contributed by atoms with E-state index in [1.54, 1.807) is 0 Å². The van der Waals surface area contributed by atoms with Crippen LogP contribution in [-0.4, -0.2) is 9.55 Å². The summed E-state index contributed by atoms with van der Waals surface area (Å²) in [5.41, 5.74) is 10.8. The number of rotatable bonds is 7. The summed E-state index contributed by atoms with van der Waals surface area (Å²) in [6.45, 7) is 16.0. The van der Waals surface area contributed by atoms with Gasteiger partial charge in [-0.05, 0) is 74.9 Å². The zero-order chi connectivity index (χ0) is 43.7. The van der Waals surface area contributed by atoms with Crippen LogP contribution in [0.1, 0.15) is 63.8 Å². The van der Waals surface area contributed by atoms with Crippen LogP contribution in [0.3, 0.4) is 0 Å². The zero-order valence-electron chi connectivity index (χ0n) is 37.2. The summed E-state index contributed by atoms with van der Waals surface area (Å²) in [6, 6.07) is 65.3. The summed E-state index contributed by atoms with van der Waals surface area (Å²) < 4.78 is 11.5. The first-order chi connectivity index (χ1) is 31.0. The number of fused-ring (bicyclic) bond motifs is 7. The molecule has 0 amide bonds. The van der Waals surface area contributed by atoms with Crippen LogP contribution in [0.4, 0.5) is 11.4 Å². The molecule has 1 aliphatic heterocycles. The number of nitrogens with zero attached hydrogens (tertiary/aromatic N) is 4. The first-order valence-corrected chi connectivity index (χ1v) is 22.7. The summed E-state index contributed by atoms with van der Waals surface area (Å²) in [6.07, 6.45) is 1.85. The second-order valence-electron chi connectivity index (χ2n) is 18.6. The maximum absolute atomic E-state index is 6.77. The normalized spacial score (nSPS) is 13.4. The minimum Gasteiger partial charge on any atom is -0.509 e. The van der Waals surface area contributed by atoms with E-state index in [0.717, 1.165) is 61.5 Å². The Balaban J connectivity index is 0.00000498. The molecular formula is C58H47N4OPtS-3. The van der Waals surface area contributed by atoms with Gasteiger partial charge in [-0.2, -0.15) is 12.1 Å². The number of hydrogen-bond donors (Lipinski definition) is 0. The monoisotopic (exact) mass is 1040 g/mol. The maximum atomic E-state index is 6.77. The summed E-state index contributed by atoms with van der Waals surface area (Å²) >= 11 is 1.82. The Morgan fingerprint density at radius 3 is 1.86 bits per heavy atom. The number of pyridine rings is 1. The van der Waals surface area contributed by atoms with Crippen LogP contribution in [0.25, 0.3) is 59.2 Å². The number of thiophene rings is 1. The zero-order valence-corrected chi connectivity index (χ0v) is 40.3. The first kappa shape index (κ1) is 42.5. The van der Waals surface area contributed by atoms with E-state index < -0.39 is 0 Å². The Morgan fingerprint density at radius 1 is 0.554 bits per heavy atom. The van der Waals surface area contributed by atoms with E-state index in [1.165, 1.54) is 31.3 Å². The van der Waals surface area contributed by atoms with E-state index in [4.69, 9.17) is 9.72 Å². The first-order valence-electron chi connectivity index (χ1n) is 21.9. The van der Waals surface area contributed by atoms with Crippen molar-refractivity contribution < 1.29 is 25.8 Å². The summed E-state index contributed by atoms with van der Waals surface area (Å²) in [7, 11) is 0. The van der Waals surface area contributed by atoms with E-state index in [1.807, 2.05) is 47.9 Å². The van der Waals surface area contributed by atoms with Crippen LogP contribution in [0.15, 0.2) is 170 Å². The second kappa shape index (κ2) is 16.5. The van der Waals surface area contributed by atoms with E-state index in [9.17, 15) is 0 Å². The van der Waals surface area contributed by atoms with Crippen molar-refractivity contribution in [3.63, 3.8) is 0 Å². The minimum absolute atomic E-state index is 0. The van der Waals surface area contributed by atoms with Crippen molar-refractivity contribution in [3.8, 4) is 17.3 Å². The predicted molar refractivity (Wildman–Crippen MR) is 268 cm³/mol. The molecule has 3 aromatic heterocycles. The van der Waals surface area contributed by atoms with Crippen molar-refractivity contribution in [2.75, 3.05) is 9.80 Å². The molecule has 0 fully saturated rings. The Bertz CT molecular complexity index is 3380. The van der Waals surface area contributed by atoms with Crippen molar-refractivity contribution >= 4 is 76.1 Å². The largest absolute Gasteiger partial charge is 0.509 e. The van der Waals surface area contributed by atoms with Crippen LogP contribution in [0.5, 0.6) is 11.5 Å². The van der Waals surface area contributed by atoms with Gasteiger partial charge in [0.15, 0.2) is 0 Å². The van der Waals surface area contributed by atoms with E-state index >= 15 is 0 Å². The number of aromatic nitrogens is 2. The molecule has 324 valence electrons. The molecule has 0 aliphatic carbocycles. The average Bonchev–Trinajstić information content (AvgIpc) is 3.99. The molecule has 7 heteroatoms. The van der Waals surface area contributed by atoms with Crippen molar-refractivity contribution in [1.29, 1.82) is 0 Å². The van der Waals surface area contributed by atoms with Crippen molar-refractivity contribution in [1.82, 2.24) is 9.55 Å². The maximum Gasteiger partial charge on any atom is 0.135 e. The number of ether oxygens (including phenoxy) is 1. The van der Waals surface area contributed by atoms with Gasteiger partial charge in [0.2, 0.25) is 0 Å². The van der Waals surface area contributed by atoms with Crippen molar-refractivity contribution in [2.24, 2.45) is 0 Å². The Kier molecular flexibility index (Phi) is 10.8. The molecule has 0 saturated heterocycles. The molecule has 11 rings (SSSR count). The third-order valence-electron chi connectivity index (χ3n) is 12.2. The molecule has 10 aromatic rings. The molecule has 0 unspecified atom stereocenters. The number of anilines is 2. The van der Waals surface area contributed by atoms with Gasteiger partial charge in [0.05, 0.1) is 5.52 Å². The topological polar surface area (TPSA) is 33.5 Å². The van der Waals surface area contributed by atoms with Crippen LogP contribution in [0, 0.1) is 18.8 Å². The molecule has 0 radical (unpaired) electrons. The fourth-order valence-electron chi connectivity index (χ4n) is 8.94. The van der Waals surface area contributed by atoms with Gasteiger partial charge in [0, 0.05) is 76.0 Å². The fraction of sp³-hybridized carbons (Fsp3) is 0.138. The van der Waals surface area contributed by atoms with Crippen LogP contribution < -0.4 is 14.5 Å². The van der Waals surface area contributed by atoms with Gasteiger partial charge in [0.25, 0.3) is 0 Å². The van der Waals surface area contributed by atoms with E-state index in [0.29, 0.717) is 11.5 Å². The smallest absolute Gasteiger partial charge is 0.135 e. The Hall–Kier alpha value is -6.46. The van der Waals surface area contributed by atoms with Crippen LogP contribution in [-0.2, 0) is 31.9 Å². The van der Waals surface area contributed by atoms with E-state index in [-0.39, 0.29) is 31.9 Å². The third kappa shape index (κ3) is 7.63. The molecule has 4 heterocycles. The van der Waals surface area contributed by atoms with Crippen LogP contribution in [0.2, 0.25) is 0 Å². The van der Waals surface area contributed by atoms with Gasteiger partial charge < -0.3 is 19.1 Å². The molecule has 0 atom stereocenters. The minimum atomic E-state index is -0.0513. The molecule has 0 spiro atoms. The van der Waals surface area contributed by atoms with Crippen LogP contribution >= 0.6 is 11.3 Å². The van der Waals surface area contributed by atoms with Gasteiger partial charge >= 0.3 is 0 Å². The van der Waals surface area contributed by atoms with Gasteiger partial charge in [0.1, 0.15) is 5.82 Å². The van der Waals surface area contributed by atoms with Gasteiger partial charge in [-0.3, -0.25) is 0 Å². The molecule has 1 aliphatic rings. The standard InChI is InChI=1S/C58H47N4OS.Pt/c1-57(2,3)40-32-41(58(4,5)6)34-43(33-40)61-37-60(54(38-18-9-7-10-19-38)55(61)39-20-11-8-12-21-39)42-22-17-23-44(35-42)63-45-27-28-46-47-29-30-51-53(48-24-13-14-25-50(48)64-51)56(47)62(49(46)36-45)52-26-15-16-31-59-52;/h7-34,37H,1-6H3;/q-3;. The summed E-state index contributed by atoms with van der Waals surface area (Å²) in [4.78, 5) is 9.48. The number of hydrogen-bond acceptors (Lipinski definition) is 5. The summed E-state index contributed by atoms with van der Waals surface area (Å²) in [5, 5.41) is 4.71. The molecule has 0 N–H and O–H groups in total. The second-order valence-corrected chi connectivity index (χ2v) is 19.7. The molecule has 5 nitrogen and oxygen atoms in total.